The third-order valence-electron chi connectivity index (χ3n) is 8.67. The van der Waals surface area contributed by atoms with E-state index < -0.39 is 41.5 Å². The van der Waals surface area contributed by atoms with Gasteiger partial charge in [-0.1, -0.05) is 70.0 Å². The van der Waals surface area contributed by atoms with Gasteiger partial charge in [-0.25, -0.2) is 0 Å². The molecule has 10 heteroatoms. The average molecular weight is 657 g/mol. The van der Waals surface area contributed by atoms with Gasteiger partial charge < -0.3 is 24.5 Å². The Bertz CT molecular complexity index is 1390. The number of carbonyl (C=O) groups excluding carboxylic acids is 3. The van der Waals surface area contributed by atoms with E-state index in [4.69, 9.17) is 16.3 Å². The summed E-state index contributed by atoms with van der Waals surface area (Å²) in [4.78, 5) is 47.8. The Morgan fingerprint density at radius 3 is 2.43 bits per heavy atom. The van der Waals surface area contributed by atoms with E-state index in [1.807, 2.05) is 43.3 Å². The van der Waals surface area contributed by atoms with Crippen LogP contribution < -0.4 is 9.80 Å². The van der Waals surface area contributed by atoms with Crippen molar-refractivity contribution < 1.29 is 24.2 Å². The number of aliphatic hydroxyl groups excluding tert-OH is 1. The number of benzene rings is 2. The summed E-state index contributed by atoms with van der Waals surface area (Å²) in [5, 5.41) is 10.6. The number of rotatable bonds is 10. The van der Waals surface area contributed by atoms with Crippen LogP contribution in [-0.4, -0.2) is 76.0 Å². The fourth-order valence-corrected chi connectivity index (χ4v) is 8.23. The molecule has 1 spiro atoms. The van der Waals surface area contributed by atoms with Crippen molar-refractivity contribution in [3.05, 3.63) is 84.4 Å². The number of halogens is 2. The fraction of sp³-hybridized carbons (Fsp3) is 0.406. The minimum Gasteiger partial charge on any atom is -0.394 e. The van der Waals surface area contributed by atoms with Gasteiger partial charge >= 0.3 is 0 Å². The van der Waals surface area contributed by atoms with E-state index >= 15 is 0 Å². The number of fused-ring (bicyclic) bond motifs is 1. The molecule has 3 aliphatic heterocycles. The SMILES string of the molecule is C=CCN(C(=O)[C@H]1[C@@H]2OC3(CC2Br)C(C(=O)N(CC=C)c2c(C)cccc2Cl)N([C@H](C)CO)C(=O)[C@H]13)c1ccccc1. The molecular formula is C32H35BrClN3O5. The van der Waals surface area contributed by atoms with Crippen molar-refractivity contribution in [2.24, 2.45) is 11.8 Å². The molecule has 0 aliphatic carbocycles. The van der Waals surface area contributed by atoms with E-state index in [0.717, 1.165) is 5.56 Å². The van der Waals surface area contributed by atoms with E-state index in [1.54, 1.807) is 36.1 Å². The van der Waals surface area contributed by atoms with Crippen LogP contribution in [-0.2, 0) is 19.1 Å². The lowest BCUT2D eigenvalue weighted by atomic mass is 9.70. The van der Waals surface area contributed by atoms with Gasteiger partial charge in [0.25, 0.3) is 5.91 Å². The first-order valence-corrected chi connectivity index (χ1v) is 15.3. The van der Waals surface area contributed by atoms with Gasteiger partial charge in [0.15, 0.2) is 0 Å². The zero-order chi connectivity index (χ0) is 30.3. The van der Waals surface area contributed by atoms with Crippen LogP contribution in [0.5, 0.6) is 0 Å². The van der Waals surface area contributed by atoms with Crippen LogP contribution in [0.1, 0.15) is 18.9 Å². The maximum atomic E-state index is 14.7. The van der Waals surface area contributed by atoms with Gasteiger partial charge in [0.2, 0.25) is 11.8 Å². The van der Waals surface area contributed by atoms with Crippen LogP contribution in [0.2, 0.25) is 5.02 Å². The lowest BCUT2D eigenvalue weighted by Crippen LogP contribution is -2.59. The number of aryl methyl sites for hydroxylation is 1. The number of para-hydroxylation sites is 2. The van der Waals surface area contributed by atoms with Crippen molar-refractivity contribution in [2.75, 3.05) is 29.5 Å². The third-order valence-corrected chi connectivity index (χ3v) is 9.82. The van der Waals surface area contributed by atoms with Gasteiger partial charge in [-0.15, -0.1) is 13.2 Å². The zero-order valence-electron chi connectivity index (χ0n) is 23.7. The van der Waals surface area contributed by atoms with E-state index in [9.17, 15) is 19.5 Å². The topological polar surface area (TPSA) is 90.4 Å². The van der Waals surface area contributed by atoms with Gasteiger partial charge in [-0.2, -0.15) is 0 Å². The Balaban J connectivity index is 1.63. The smallest absolute Gasteiger partial charge is 0.253 e. The highest BCUT2D eigenvalue weighted by Gasteiger charge is 2.77. The summed E-state index contributed by atoms with van der Waals surface area (Å²) in [5.74, 6) is -2.82. The summed E-state index contributed by atoms with van der Waals surface area (Å²) >= 11 is 10.3. The molecule has 2 aromatic rings. The van der Waals surface area contributed by atoms with Crippen LogP contribution >= 0.6 is 27.5 Å². The molecule has 0 radical (unpaired) electrons. The summed E-state index contributed by atoms with van der Waals surface area (Å²) in [7, 11) is 0. The number of likely N-dealkylation sites (tertiary alicyclic amines) is 1. The van der Waals surface area contributed by atoms with Crippen molar-refractivity contribution in [1.29, 1.82) is 0 Å². The van der Waals surface area contributed by atoms with Crippen LogP contribution in [0.15, 0.2) is 73.8 Å². The Kier molecular flexibility index (Phi) is 8.67. The van der Waals surface area contributed by atoms with Crippen LogP contribution in [0, 0.1) is 18.8 Å². The first-order chi connectivity index (χ1) is 20.1. The molecule has 0 aromatic heterocycles. The molecule has 2 aromatic carbocycles. The first kappa shape index (κ1) is 30.5. The summed E-state index contributed by atoms with van der Waals surface area (Å²) in [6.45, 7) is 11.3. The highest BCUT2D eigenvalue weighted by molar-refractivity contribution is 9.09. The molecule has 7 atom stereocenters. The van der Waals surface area contributed by atoms with Crippen molar-refractivity contribution in [3.8, 4) is 0 Å². The summed E-state index contributed by atoms with van der Waals surface area (Å²) in [6, 6.07) is 12.8. The van der Waals surface area contributed by atoms with Crippen molar-refractivity contribution in [2.45, 2.75) is 48.9 Å². The van der Waals surface area contributed by atoms with E-state index in [-0.39, 0.29) is 36.3 Å². The Hall–Kier alpha value is -2.98. The minimum absolute atomic E-state index is 0.140. The lowest BCUT2D eigenvalue weighted by Gasteiger charge is -2.39. The van der Waals surface area contributed by atoms with Gasteiger partial charge in [-0.05, 0) is 44.0 Å². The third kappa shape index (κ3) is 4.71. The maximum absolute atomic E-state index is 14.7. The second kappa shape index (κ2) is 12.0. The monoisotopic (exact) mass is 655 g/mol. The molecule has 3 heterocycles. The number of anilines is 2. The number of aliphatic hydroxyl groups is 1. The average Bonchev–Trinajstić information content (AvgIpc) is 3.58. The largest absolute Gasteiger partial charge is 0.394 e. The molecule has 42 heavy (non-hydrogen) atoms. The Labute approximate surface area is 259 Å². The Morgan fingerprint density at radius 2 is 1.81 bits per heavy atom. The molecule has 3 aliphatic rings. The normalized spacial score (nSPS) is 28.4. The lowest BCUT2D eigenvalue weighted by molar-refractivity contribution is -0.143. The van der Waals surface area contributed by atoms with E-state index in [1.165, 1.54) is 9.80 Å². The molecule has 2 bridgehead atoms. The number of hydrogen-bond acceptors (Lipinski definition) is 5. The van der Waals surface area contributed by atoms with Gasteiger partial charge in [0, 0.05) is 23.6 Å². The molecule has 8 nitrogen and oxygen atoms in total. The van der Waals surface area contributed by atoms with E-state index in [2.05, 4.69) is 29.1 Å². The number of carbonyl (C=O) groups is 3. The van der Waals surface area contributed by atoms with Crippen molar-refractivity contribution in [1.82, 2.24) is 4.90 Å². The fourth-order valence-electron chi connectivity index (χ4n) is 6.96. The minimum atomic E-state index is -1.29. The maximum Gasteiger partial charge on any atom is 0.253 e. The molecule has 3 fully saturated rings. The van der Waals surface area contributed by atoms with Crippen LogP contribution in [0.3, 0.4) is 0 Å². The molecule has 0 saturated carbocycles. The highest BCUT2D eigenvalue weighted by Crippen LogP contribution is 2.61. The number of alkyl halides is 1. The first-order valence-electron chi connectivity index (χ1n) is 14.0. The second-order valence-corrected chi connectivity index (χ2v) is 12.7. The predicted molar refractivity (Wildman–Crippen MR) is 167 cm³/mol. The molecule has 5 rings (SSSR count). The number of nitrogens with zero attached hydrogens (tertiary/aromatic N) is 3. The number of hydrogen-bond donors (Lipinski definition) is 1. The van der Waals surface area contributed by atoms with Gasteiger partial charge in [-0.3, -0.25) is 14.4 Å². The van der Waals surface area contributed by atoms with Crippen LogP contribution in [0.4, 0.5) is 11.4 Å². The second-order valence-electron chi connectivity index (χ2n) is 11.2. The standard InChI is InChI=1S/C32H35BrClN3O5/c1-5-15-35(21-12-8-7-9-13-21)29(39)24-25-30(40)37(20(4)18-38)28(32(25)17-22(33)27(24)42-32)31(41)36(16-6-2)26-19(3)11-10-14-23(26)34/h5-14,20,22,24-25,27-28,38H,1-2,15-18H2,3-4H3/t20-,22?,24-,25+,27-,28?,32?/m1/s1. The quantitative estimate of drug-likeness (QED) is 0.300. The van der Waals surface area contributed by atoms with E-state index in [0.29, 0.717) is 22.8 Å². The van der Waals surface area contributed by atoms with Gasteiger partial charge in [0.1, 0.15) is 11.6 Å². The molecule has 3 unspecified atom stereocenters. The molecule has 1 N–H and O–H groups in total. The number of amides is 3. The summed E-state index contributed by atoms with van der Waals surface area (Å²) in [5.41, 5.74) is 0.686. The summed E-state index contributed by atoms with van der Waals surface area (Å²) in [6.07, 6.45) is 2.97. The molecule has 3 saturated heterocycles. The zero-order valence-corrected chi connectivity index (χ0v) is 26.0. The van der Waals surface area contributed by atoms with Crippen molar-refractivity contribution in [3.63, 3.8) is 0 Å². The molecule has 3 amide bonds. The van der Waals surface area contributed by atoms with Crippen LogP contribution in [0.25, 0.3) is 0 Å². The predicted octanol–water partition coefficient (Wildman–Crippen LogP) is 4.52. The van der Waals surface area contributed by atoms with Crippen molar-refractivity contribution >= 4 is 56.6 Å². The molecule has 222 valence electrons. The van der Waals surface area contributed by atoms with Gasteiger partial charge in [0.05, 0.1) is 41.3 Å². The number of ether oxygens (including phenoxy) is 1. The molecular weight excluding hydrogens is 622 g/mol. The summed E-state index contributed by atoms with van der Waals surface area (Å²) < 4.78 is 6.68. The Morgan fingerprint density at radius 1 is 1.14 bits per heavy atom. The highest BCUT2D eigenvalue weighted by atomic mass is 79.9.